The Morgan fingerprint density at radius 2 is 2.20 bits per heavy atom. The largest absolute Gasteiger partial charge is 0.409 e. The summed E-state index contributed by atoms with van der Waals surface area (Å²) in [5.74, 6) is -0.0325. The van der Waals surface area contributed by atoms with E-state index in [1.54, 1.807) is 18.2 Å². The Balaban J connectivity index is 2.25. The summed E-state index contributed by atoms with van der Waals surface area (Å²) in [5, 5.41) is 11.4. The van der Waals surface area contributed by atoms with Crippen molar-refractivity contribution in [1.29, 1.82) is 0 Å². The molecule has 0 unspecified atom stereocenters. The van der Waals surface area contributed by atoms with Crippen LogP contribution in [0.15, 0.2) is 23.4 Å². The van der Waals surface area contributed by atoms with E-state index in [-0.39, 0.29) is 5.84 Å². The van der Waals surface area contributed by atoms with Crippen LogP contribution >= 0.6 is 0 Å². The highest BCUT2D eigenvalue weighted by molar-refractivity contribution is 5.95. The average Bonchev–Trinajstić information content (AvgIpc) is 2.82. The van der Waals surface area contributed by atoms with Crippen molar-refractivity contribution >= 4 is 5.84 Å². The van der Waals surface area contributed by atoms with Gasteiger partial charge in [-0.25, -0.2) is 4.98 Å². The first-order valence-corrected chi connectivity index (χ1v) is 4.49. The zero-order chi connectivity index (χ0) is 10.7. The normalized spacial score (nSPS) is 18.3. The molecule has 1 saturated heterocycles. The minimum atomic E-state index is -0.448. The number of nitrogens with two attached hydrogens (primary N) is 1. The Bertz CT molecular complexity index is 375. The Kier molecular flexibility index (Phi) is 2.79. The molecule has 6 heteroatoms. The monoisotopic (exact) mass is 209 g/mol. The highest BCUT2D eigenvalue weighted by atomic mass is 16.7. The van der Waals surface area contributed by atoms with Crippen molar-refractivity contribution in [3.8, 4) is 0 Å². The summed E-state index contributed by atoms with van der Waals surface area (Å²) in [5.41, 5.74) is 6.44. The van der Waals surface area contributed by atoms with Gasteiger partial charge >= 0.3 is 0 Å². The van der Waals surface area contributed by atoms with E-state index in [4.69, 9.17) is 20.4 Å². The van der Waals surface area contributed by atoms with Crippen LogP contribution in [0.4, 0.5) is 0 Å². The molecule has 0 saturated carbocycles. The van der Waals surface area contributed by atoms with Crippen LogP contribution in [0.3, 0.4) is 0 Å². The molecule has 0 aliphatic carbocycles. The highest BCUT2D eigenvalue weighted by Gasteiger charge is 2.20. The summed E-state index contributed by atoms with van der Waals surface area (Å²) in [7, 11) is 0. The molecule has 1 aliphatic heterocycles. The second-order valence-corrected chi connectivity index (χ2v) is 3.01. The van der Waals surface area contributed by atoms with E-state index in [1.165, 1.54) is 0 Å². The number of amidine groups is 1. The van der Waals surface area contributed by atoms with Crippen molar-refractivity contribution in [1.82, 2.24) is 4.98 Å². The highest BCUT2D eigenvalue weighted by Crippen LogP contribution is 2.21. The third kappa shape index (κ3) is 2.05. The van der Waals surface area contributed by atoms with Gasteiger partial charge in [0.15, 0.2) is 5.84 Å². The van der Waals surface area contributed by atoms with Gasteiger partial charge in [-0.3, -0.25) is 0 Å². The molecule has 1 fully saturated rings. The zero-order valence-electron chi connectivity index (χ0n) is 7.96. The zero-order valence-corrected chi connectivity index (χ0v) is 7.96. The van der Waals surface area contributed by atoms with E-state index in [0.717, 1.165) is 0 Å². The number of oxime groups is 1. The van der Waals surface area contributed by atoms with Gasteiger partial charge in [-0.15, -0.1) is 0 Å². The van der Waals surface area contributed by atoms with Gasteiger partial charge in [0.05, 0.1) is 18.9 Å². The molecule has 0 bridgehead atoms. The summed E-state index contributed by atoms with van der Waals surface area (Å²) in [6.07, 6.45) is -0.448. The van der Waals surface area contributed by atoms with Crippen LogP contribution in [0.5, 0.6) is 0 Å². The first-order chi connectivity index (χ1) is 7.31. The lowest BCUT2D eigenvalue weighted by atomic mass is 10.3. The summed E-state index contributed by atoms with van der Waals surface area (Å²) in [4.78, 5) is 4.16. The van der Waals surface area contributed by atoms with Gasteiger partial charge in [-0.1, -0.05) is 11.2 Å². The fourth-order valence-corrected chi connectivity index (χ4v) is 1.31. The van der Waals surface area contributed by atoms with E-state index >= 15 is 0 Å². The van der Waals surface area contributed by atoms with Crippen LogP contribution in [0.2, 0.25) is 0 Å². The van der Waals surface area contributed by atoms with E-state index in [1.807, 2.05) is 0 Å². The van der Waals surface area contributed by atoms with Crippen molar-refractivity contribution < 1.29 is 14.7 Å². The molecule has 0 amide bonds. The summed E-state index contributed by atoms with van der Waals surface area (Å²) >= 11 is 0. The van der Waals surface area contributed by atoms with Gasteiger partial charge in [-0.05, 0) is 12.1 Å². The SMILES string of the molecule is N/C(=N\O)c1cccc(C2OCCO2)n1. The number of pyridine rings is 1. The van der Waals surface area contributed by atoms with Crippen molar-refractivity contribution in [2.75, 3.05) is 13.2 Å². The van der Waals surface area contributed by atoms with Crippen LogP contribution in [-0.4, -0.2) is 29.2 Å². The predicted octanol–water partition coefficient (Wildman–Crippen LogP) is 0.221. The number of ether oxygens (including phenoxy) is 2. The molecule has 1 aromatic rings. The third-order valence-electron chi connectivity index (χ3n) is 2.00. The minimum absolute atomic E-state index is 0.0325. The topological polar surface area (TPSA) is 90.0 Å². The van der Waals surface area contributed by atoms with Crippen LogP contribution < -0.4 is 5.73 Å². The van der Waals surface area contributed by atoms with Crippen LogP contribution in [0.1, 0.15) is 17.7 Å². The molecule has 0 atom stereocenters. The van der Waals surface area contributed by atoms with Gasteiger partial charge in [0.1, 0.15) is 5.69 Å². The molecule has 1 aromatic heterocycles. The number of nitrogens with zero attached hydrogens (tertiary/aromatic N) is 2. The molecule has 2 rings (SSSR count). The predicted molar refractivity (Wildman–Crippen MR) is 51.4 cm³/mol. The van der Waals surface area contributed by atoms with Crippen molar-refractivity contribution in [2.24, 2.45) is 10.9 Å². The molecule has 6 nitrogen and oxygen atoms in total. The standard InChI is InChI=1S/C9H11N3O3/c10-8(12-13)6-2-1-3-7(11-6)9-14-4-5-15-9/h1-3,9,13H,4-5H2,(H2,10,12). The molecule has 0 aromatic carbocycles. The lowest BCUT2D eigenvalue weighted by Gasteiger charge is -2.08. The Labute approximate surface area is 86.3 Å². The van der Waals surface area contributed by atoms with Gasteiger partial charge in [0.2, 0.25) is 6.29 Å². The van der Waals surface area contributed by atoms with Crippen LogP contribution in [0, 0.1) is 0 Å². The van der Waals surface area contributed by atoms with Crippen molar-refractivity contribution in [2.45, 2.75) is 6.29 Å². The minimum Gasteiger partial charge on any atom is -0.409 e. The maximum absolute atomic E-state index is 8.50. The number of rotatable bonds is 2. The molecular weight excluding hydrogens is 198 g/mol. The van der Waals surface area contributed by atoms with Gasteiger partial charge in [0, 0.05) is 0 Å². The maximum atomic E-state index is 8.50. The smallest absolute Gasteiger partial charge is 0.201 e. The number of hydrogen-bond acceptors (Lipinski definition) is 5. The lowest BCUT2D eigenvalue weighted by Crippen LogP contribution is -2.16. The average molecular weight is 209 g/mol. The molecule has 15 heavy (non-hydrogen) atoms. The Hall–Kier alpha value is -1.66. The van der Waals surface area contributed by atoms with E-state index in [0.29, 0.717) is 24.6 Å². The second kappa shape index (κ2) is 4.24. The molecule has 0 spiro atoms. The van der Waals surface area contributed by atoms with Crippen LogP contribution in [0.25, 0.3) is 0 Å². The fraction of sp³-hybridized carbons (Fsp3) is 0.333. The lowest BCUT2D eigenvalue weighted by molar-refractivity contribution is -0.0473. The first-order valence-electron chi connectivity index (χ1n) is 4.49. The fourth-order valence-electron chi connectivity index (χ4n) is 1.31. The van der Waals surface area contributed by atoms with E-state index in [9.17, 15) is 0 Å². The summed E-state index contributed by atoms with van der Waals surface area (Å²) in [6, 6.07) is 5.17. The Morgan fingerprint density at radius 1 is 1.47 bits per heavy atom. The molecule has 3 N–H and O–H groups in total. The molecule has 2 heterocycles. The van der Waals surface area contributed by atoms with Gasteiger partial charge in [-0.2, -0.15) is 0 Å². The Morgan fingerprint density at radius 3 is 2.87 bits per heavy atom. The molecule has 80 valence electrons. The van der Waals surface area contributed by atoms with E-state index < -0.39 is 6.29 Å². The second-order valence-electron chi connectivity index (χ2n) is 3.01. The molecular formula is C9H11N3O3. The molecule has 1 aliphatic rings. The van der Waals surface area contributed by atoms with E-state index in [2.05, 4.69) is 10.1 Å². The maximum Gasteiger partial charge on any atom is 0.201 e. The number of aromatic nitrogens is 1. The first kappa shape index (κ1) is 9.88. The summed E-state index contributed by atoms with van der Waals surface area (Å²) in [6.45, 7) is 1.11. The number of hydrogen-bond donors (Lipinski definition) is 2. The molecule has 0 radical (unpaired) electrons. The third-order valence-corrected chi connectivity index (χ3v) is 2.00. The quantitative estimate of drug-likeness (QED) is 0.315. The van der Waals surface area contributed by atoms with Crippen molar-refractivity contribution in [3.63, 3.8) is 0 Å². The van der Waals surface area contributed by atoms with Gasteiger partial charge in [0.25, 0.3) is 0 Å². The van der Waals surface area contributed by atoms with Crippen LogP contribution in [-0.2, 0) is 9.47 Å². The van der Waals surface area contributed by atoms with Gasteiger partial charge < -0.3 is 20.4 Å². The summed E-state index contributed by atoms with van der Waals surface area (Å²) < 4.78 is 10.6. The van der Waals surface area contributed by atoms with Crippen molar-refractivity contribution in [3.05, 3.63) is 29.6 Å².